The first-order valence-electron chi connectivity index (χ1n) is 13.0. The minimum Gasteiger partial charge on any atom is -0.457 e. The molecule has 222 valence electrons. The summed E-state index contributed by atoms with van der Waals surface area (Å²) >= 11 is 0. The normalized spacial score (nSPS) is 12.8. The van der Waals surface area contributed by atoms with E-state index in [-0.39, 0.29) is 23.6 Å². The van der Waals surface area contributed by atoms with Crippen molar-refractivity contribution in [2.24, 2.45) is 0 Å². The van der Waals surface area contributed by atoms with Gasteiger partial charge in [0.25, 0.3) is 0 Å². The molecule has 0 saturated heterocycles. The van der Waals surface area contributed by atoms with Crippen LogP contribution in [0.25, 0.3) is 0 Å². The summed E-state index contributed by atoms with van der Waals surface area (Å²) in [5.41, 5.74) is -0.816. The lowest BCUT2D eigenvalue weighted by molar-refractivity contribution is -0.138. The molecule has 4 aromatic rings. The Morgan fingerprint density at radius 1 is 0.714 bits per heavy atom. The van der Waals surface area contributed by atoms with E-state index in [1.807, 2.05) is 32.0 Å². The molecule has 0 fully saturated rings. The first-order valence-corrected chi connectivity index (χ1v) is 13.0. The predicted octanol–water partition coefficient (Wildman–Crippen LogP) is 9.52. The molecule has 0 aliphatic rings. The van der Waals surface area contributed by atoms with Gasteiger partial charge in [-0.05, 0) is 65.6 Å². The van der Waals surface area contributed by atoms with Crippen LogP contribution in [0.2, 0.25) is 0 Å². The van der Waals surface area contributed by atoms with Crippen LogP contribution in [-0.4, -0.2) is 11.7 Å². The van der Waals surface area contributed by atoms with E-state index in [9.17, 15) is 35.8 Å². The molecule has 0 spiro atoms. The van der Waals surface area contributed by atoms with Gasteiger partial charge in [-0.1, -0.05) is 50.2 Å². The zero-order valence-electron chi connectivity index (χ0n) is 22.7. The van der Waals surface area contributed by atoms with Crippen LogP contribution in [0.4, 0.5) is 36.4 Å². The highest BCUT2D eigenvalue weighted by molar-refractivity contribution is 5.54. The number of benzene rings is 4. The Kier molecular flexibility index (Phi) is 9.15. The van der Waals surface area contributed by atoms with Crippen LogP contribution in [0.15, 0.2) is 91.0 Å². The fraction of sp³-hybridized carbons (Fsp3) is 0.250. The molecule has 1 N–H and O–H groups in total. The molecule has 42 heavy (non-hydrogen) atoms. The van der Waals surface area contributed by atoms with Gasteiger partial charge in [0.2, 0.25) is 0 Å². The van der Waals surface area contributed by atoms with E-state index in [1.165, 1.54) is 17.0 Å². The third kappa shape index (κ3) is 7.42. The molecule has 10 heteroatoms. The summed E-state index contributed by atoms with van der Waals surface area (Å²) in [6, 6.07) is 19.2. The summed E-state index contributed by atoms with van der Waals surface area (Å²) in [7, 11) is 0. The summed E-state index contributed by atoms with van der Waals surface area (Å²) < 4.78 is 101. The minimum atomic E-state index is -4.76. The van der Waals surface area contributed by atoms with Crippen molar-refractivity contribution in [1.29, 1.82) is 0 Å². The maximum absolute atomic E-state index is 15.0. The van der Waals surface area contributed by atoms with Crippen LogP contribution in [-0.2, 0) is 18.9 Å². The SMILES string of the molecule is CC(C)c1cccc(Oc2cccc(N(Cc3ccc(C(F)(F)F)cc3F)C(CO)c3cccc(C(F)(F)F)c3)c2)c1. The number of nitrogens with zero attached hydrogens (tertiary/aromatic N) is 1. The summed E-state index contributed by atoms with van der Waals surface area (Å²) in [6.07, 6.45) is -9.41. The number of hydrogen-bond acceptors (Lipinski definition) is 3. The number of anilines is 1. The van der Waals surface area contributed by atoms with Crippen LogP contribution in [0, 0.1) is 5.82 Å². The van der Waals surface area contributed by atoms with Crippen molar-refractivity contribution in [2.45, 2.75) is 44.7 Å². The second kappa shape index (κ2) is 12.4. The monoisotopic (exact) mass is 591 g/mol. The van der Waals surface area contributed by atoms with Gasteiger partial charge in [0.1, 0.15) is 17.3 Å². The molecule has 0 aliphatic heterocycles. The first kappa shape index (κ1) is 30.9. The third-order valence-corrected chi connectivity index (χ3v) is 6.78. The van der Waals surface area contributed by atoms with E-state index in [0.29, 0.717) is 23.3 Å². The number of alkyl halides is 6. The van der Waals surface area contributed by atoms with Crippen LogP contribution >= 0.6 is 0 Å². The third-order valence-electron chi connectivity index (χ3n) is 6.78. The Hall–Kier alpha value is -4.05. The van der Waals surface area contributed by atoms with Crippen molar-refractivity contribution in [1.82, 2.24) is 0 Å². The Balaban J connectivity index is 1.77. The highest BCUT2D eigenvalue weighted by Gasteiger charge is 2.33. The molecule has 0 aromatic heterocycles. The molecule has 3 nitrogen and oxygen atoms in total. The second-order valence-corrected chi connectivity index (χ2v) is 10.1. The van der Waals surface area contributed by atoms with Gasteiger partial charge in [0.05, 0.1) is 23.8 Å². The smallest absolute Gasteiger partial charge is 0.416 e. The number of hydrogen-bond donors (Lipinski definition) is 1. The zero-order chi connectivity index (χ0) is 30.7. The summed E-state index contributed by atoms with van der Waals surface area (Å²) in [6.45, 7) is 3.02. The average molecular weight is 592 g/mol. The molecule has 4 rings (SSSR count). The van der Waals surface area contributed by atoms with Gasteiger partial charge in [0.15, 0.2) is 0 Å². The van der Waals surface area contributed by atoms with E-state index in [2.05, 4.69) is 0 Å². The molecule has 1 atom stereocenters. The van der Waals surface area contributed by atoms with Gasteiger partial charge in [-0.3, -0.25) is 0 Å². The quantitative estimate of drug-likeness (QED) is 0.197. The lowest BCUT2D eigenvalue weighted by Crippen LogP contribution is -2.31. The number of halogens is 7. The number of aliphatic hydroxyl groups excluding tert-OH is 1. The van der Waals surface area contributed by atoms with E-state index in [1.54, 1.807) is 30.3 Å². The maximum atomic E-state index is 15.0. The van der Waals surface area contributed by atoms with Gasteiger partial charge >= 0.3 is 12.4 Å². The number of aliphatic hydroxyl groups is 1. The number of ether oxygens (including phenoxy) is 1. The Morgan fingerprint density at radius 3 is 1.93 bits per heavy atom. The van der Waals surface area contributed by atoms with Crippen LogP contribution in [0.5, 0.6) is 11.5 Å². The van der Waals surface area contributed by atoms with Gasteiger partial charge in [-0.25, -0.2) is 4.39 Å². The second-order valence-electron chi connectivity index (χ2n) is 10.1. The largest absolute Gasteiger partial charge is 0.457 e. The highest BCUT2D eigenvalue weighted by Crippen LogP contribution is 2.37. The topological polar surface area (TPSA) is 32.7 Å². The Labute approximate surface area is 238 Å². The molecule has 4 aromatic carbocycles. The van der Waals surface area contributed by atoms with Crippen LogP contribution < -0.4 is 9.64 Å². The molecule has 0 heterocycles. The predicted molar refractivity (Wildman–Crippen MR) is 146 cm³/mol. The fourth-order valence-electron chi connectivity index (χ4n) is 4.52. The minimum absolute atomic E-state index is 0.0793. The molecule has 0 saturated carbocycles. The summed E-state index contributed by atoms with van der Waals surface area (Å²) in [5, 5.41) is 10.4. The van der Waals surface area contributed by atoms with E-state index in [0.717, 1.165) is 29.8 Å². The van der Waals surface area contributed by atoms with Gasteiger partial charge in [0, 0.05) is 23.9 Å². The van der Waals surface area contributed by atoms with E-state index >= 15 is 0 Å². The van der Waals surface area contributed by atoms with E-state index in [4.69, 9.17) is 4.74 Å². The van der Waals surface area contributed by atoms with Crippen molar-refractivity contribution in [3.63, 3.8) is 0 Å². The standard InChI is InChI=1S/C32H28F7NO2/c1-20(2)21-6-4-10-27(15-21)42-28-11-5-9-26(17-28)40(18-23-12-13-25(16-29(23)33)32(37,38)39)30(19-41)22-7-3-8-24(14-22)31(34,35)36/h3-17,20,30,41H,18-19H2,1-2H3. The summed E-state index contributed by atoms with van der Waals surface area (Å²) in [5.74, 6) is -0.0115. The van der Waals surface area contributed by atoms with Crippen molar-refractivity contribution in [2.75, 3.05) is 11.5 Å². The Morgan fingerprint density at radius 2 is 1.31 bits per heavy atom. The summed E-state index contributed by atoms with van der Waals surface area (Å²) in [4.78, 5) is 1.43. The fourth-order valence-corrected chi connectivity index (χ4v) is 4.52. The van der Waals surface area contributed by atoms with Gasteiger partial charge in [-0.2, -0.15) is 26.3 Å². The molecule has 0 amide bonds. The van der Waals surface area contributed by atoms with Crippen molar-refractivity contribution in [3.8, 4) is 11.5 Å². The molecule has 0 bridgehead atoms. The molecule has 0 aliphatic carbocycles. The van der Waals surface area contributed by atoms with E-state index < -0.39 is 41.9 Å². The van der Waals surface area contributed by atoms with Gasteiger partial charge in [-0.15, -0.1) is 0 Å². The zero-order valence-corrected chi connectivity index (χ0v) is 22.7. The van der Waals surface area contributed by atoms with Crippen molar-refractivity contribution in [3.05, 3.63) is 125 Å². The molecular weight excluding hydrogens is 563 g/mol. The highest BCUT2D eigenvalue weighted by atomic mass is 19.4. The van der Waals surface area contributed by atoms with Crippen LogP contribution in [0.3, 0.4) is 0 Å². The van der Waals surface area contributed by atoms with Crippen LogP contribution in [0.1, 0.15) is 53.6 Å². The average Bonchev–Trinajstić information content (AvgIpc) is 2.93. The van der Waals surface area contributed by atoms with Crippen molar-refractivity contribution < 1.29 is 40.6 Å². The lowest BCUT2D eigenvalue weighted by Gasteiger charge is -2.34. The lowest BCUT2D eigenvalue weighted by atomic mass is 10.0. The van der Waals surface area contributed by atoms with Crippen molar-refractivity contribution >= 4 is 5.69 Å². The maximum Gasteiger partial charge on any atom is 0.416 e. The first-order chi connectivity index (χ1) is 19.8. The number of rotatable bonds is 9. The van der Waals surface area contributed by atoms with Gasteiger partial charge < -0.3 is 14.7 Å². The Bertz CT molecular complexity index is 1520. The molecular formula is C32H28F7NO2. The molecule has 1 unspecified atom stereocenters. The molecule has 0 radical (unpaired) electrons.